The number of nitrogens with zero attached hydrogens (tertiary/aromatic N) is 2. The van der Waals surface area contributed by atoms with E-state index in [1.807, 2.05) is 12.3 Å². The topological polar surface area (TPSA) is 28.2 Å². The Kier molecular flexibility index (Phi) is 3.28. The molecule has 0 spiro atoms. The number of nitrogens with one attached hydrogen (secondary N) is 1. The fourth-order valence-corrected chi connectivity index (χ4v) is 3.66. The Hall–Kier alpha value is -1.09. The summed E-state index contributed by atoms with van der Waals surface area (Å²) in [4.78, 5) is 6.86. The average molecular weight is 273 g/mol. The summed E-state index contributed by atoms with van der Waals surface area (Å²) in [5, 5.41) is 3.90. The Balaban J connectivity index is 1.53. The molecule has 20 heavy (non-hydrogen) atoms. The number of hydrogen-bond donors (Lipinski definition) is 1. The Morgan fingerprint density at radius 3 is 2.25 bits per heavy atom. The molecule has 0 aromatic carbocycles. The van der Waals surface area contributed by atoms with E-state index in [9.17, 15) is 0 Å². The third-order valence-electron chi connectivity index (χ3n) is 5.89. The van der Waals surface area contributed by atoms with E-state index in [0.29, 0.717) is 22.9 Å². The molecule has 3 nitrogen and oxygen atoms in total. The van der Waals surface area contributed by atoms with E-state index < -0.39 is 0 Å². The molecule has 1 aromatic heterocycles. The molecule has 2 heterocycles. The van der Waals surface area contributed by atoms with Crippen LogP contribution < -0.4 is 10.2 Å². The Bertz CT molecular complexity index is 444. The largest absolute Gasteiger partial charge is 0.357 e. The van der Waals surface area contributed by atoms with Gasteiger partial charge in [-0.1, -0.05) is 33.8 Å². The number of anilines is 1. The van der Waals surface area contributed by atoms with Gasteiger partial charge in [-0.25, -0.2) is 4.98 Å². The van der Waals surface area contributed by atoms with Gasteiger partial charge in [-0.05, 0) is 35.8 Å². The highest BCUT2D eigenvalue weighted by Gasteiger charge is 2.64. The van der Waals surface area contributed by atoms with Crippen LogP contribution in [0.3, 0.4) is 0 Å². The minimum absolute atomic E-state index is 0.436. The molecule has 2 aliphatic rings. The summed E-state index contributed by atoms with van der Waals surface area (Å²) in [6.07, 6.45) is 4.33. The van der Waals surface area contributed by atoms with Crippen LogP contribution in [0.15, 0.2) is 24.4 Å². The molecule has 0 bridgehead atoms. The first kappa shape index (κ1) is 13.9. The second kappa shape index (κ2) is 4.73. The summed E-state index contributed by atoms with van der Waals surface area (Å²) in [6, 6.07) is 7.50. The van der Waals surface area contributed by atoms with Crippen molar-refractivity contribution in [3.05, 3.63) is 24.4 Å². The maximum Gasteiger partial charge on any atom is 0.128 e. The van der Waals surface area contributed by atoms with Crippen LogP contribution in [0.4, 0.5) is 5.82 Å². The molecule has 1 aliphatic carbocycles. The Morgan fingerprint density at radius 1 is 1.10 bits per heavy atom. The summed E-state index contributed by atoms with van der Waals surface area (Å²) in [5.41, 5.74) is 0.871. The van der Waals surface area contributed by atoms with Crippen molar-refractivity contribution in [1.29, 1.82) is 0 Å². The highest BCUT2D eigenvalue weighted by atomic mass is 15.2. The number of pyridine rings is 1. The monoisotopic (exact) mass is 273 g/mol. The van der Waals surface area contributed by atoms with Gasteiger partial charge >= 0.3 is 0 Å². The molecule has 2 fully saturated rings. The third-order valence-corrected chi connectivity index (χ3v) is 5.89. The molecule has 1 saturated heterocycles. The molecule has 0 unspecified atom stereocenters. The van der Waals surface area contributed by atoms with Crippen molar-refractivity contribution < 1.29 is 0 Å². The van der Waals surface area contributed by atoms with Gasteiger partial charge in [-0.2, -0.15) is 0 Å². The average Bonchev–Trinajstić information content (AvgIpc) is 2.83. The van der Waals surface area contributed by atoms with Gasteiger partial charge in [-0.3, -0.25) is 0 Å². The Labute approximate surface area is 122 Å². The number of piperidine rings is 1. The number of rotatable bonds is 3. The van der Waals surface area contributed by atoms with E-state index in [1.165, 1.54) is 12.8 Å². The van der Waals surface area contributed by atoms with Gasteiger partial charge in [0, 0.05) is 31.4 Å². The zero-order valence-corrected chi connectivity index (χ0v) is 13.2. The van der Waals surface area contributed by atoms with Crippen LogP contribution in [0.2, 0.25) is 0 Å². The highest BCUT2D eigenvalue weighted by Crippen LogP contribution is 2.62. The predicted octanol–water partition coefficient (Wildman–Crippen LogP) is 3.07. The van der Waals surface area contributed by atoms with Crippen molar-refractivity contribution in [2.45, 2.75) is 52.6 Å². The van der Waals surface area contributed by atoms with Crippen LogP contribution in [0.5, 0.6) is 0 Å². The lowest BCUT2D eigenvalue weighted by molar-refractivity contribution is 0.385. The zero-order valence-electron chi connectivity index (χ0n) is 13.2. The minimum atomic E-state index is 0.436. The van der Waals surface area contributed by atoms with E-state index in [1.54, 1.807) is 0 Å². The first-order valence-electron chi connectivity index (χ1n) is 7.85. The lowest BCUT2D eigenvalue weighted by Crippen LogP contribution is -2.44. The van der Waals surface area contributed by atoms with Crippen LogP contribution in [-0.2, 0) is 0 Å². The molecule has 0 atom stereocenters. The predicted molar refractivity (Wildman–Crippen MR) is 84.0 cm³/mol. The molecule has 110 valence electrons. The quantitative estimate of drug-likeness (QED) is 0.917. The molecule has 1 aliphatic heterocycles. The molecule has 3 heteroatoms. The van der Waals surface area contributed by atoms with E-state index in [2.05, 4.69) is 55.0 Å². The van der Waals surface area contributed by atoms with Gasteiger partial charge in [-0.15, -0.1) is 0 Å². The fourth-order valence-electron chi connectivity index (χ4n) is 3.66. The lowest BCUT2D eigenvalue weighted by Gasteiger charge is -2.33. The molecule has 3 rings (SSSR count). The van der Waals surface area contributed by atoms with Crippen molar-refractivity contribution in [2.24, 2.45) is 10.8 Å². The molecule has 1 saturated carbocycles. The van der Waals surface area contributed by atoms with Gasteiger partial charge in [0.1, 0.15) is 5.82 Å². The summed E-state index contributed by atoms with van der Waals surface area (Å²) >= 11 is 0. The standard InChI is InChI=1S/C17H27N3/c1-16(2)15(17(16,3)4)19-13-8-11-20(12-9-13)14-7-5-6-10-18-14/h5-7,10,13,15,19H,8-9,11-12H2,1-4H3. The summed E-state index contributed by atoms with van der Waals surface area (Å²) < 4.78 is 0. The van der Waals surface area contributed by atoms with Gasteiger partial charge < -0.3 is 10.2 Å². The number of hydrogen-bond acceptors (Lipinski definition) is 3. The molecule has 0 amide bonds. The van der Waals surface area contributed by atoms with Crippen molar-refractivity contribution in [1.82, 2.24) is 10.3 Å². The summed E-state index contributed by atoms with van der Waals surface area (Å²) in [6.45, 7) is 11.8. The Morgan fingerprint density at radius 2 is 1.75 bits per heavy atom. The van der Waals surface area contributed by atoms with E-state index >= 15 is 0 Å². The van der Waals surface area contributed by atoms with Crippen molar-refractivity contribution >= 4 is 5.82 Å². The van der Waals surface area contributed by atoms with Crippen LogP contribution in [-0.4, -0.2) is 30.2 Å². The van der Waals surface area contributed by atoms with Crippen molar-refractivity contribution in [3.8, 4) is 0 Å². The van der Waals surface area contributed by atoms with Gasteiger partial charge in [0.25, 0.3) is 0 Å². The van der Waals surface area contributed by atoms with Crippen molar-refractivity contribution in [3.63, 3.8) is 0 Å². The molecule has 0 radical (unpaired) electrons. The van der Waals surface area contributed by atoms with Gasteiger partial charge in [0.05, 0.1) is 0 Å². The maximum atomic E-state index is 4.45. The molecule has 1 N–H and O–H groups in total. The fraction of sp³-hybridized carbons (Fsp3) is 0.706. The zero-order chi connectivity index (χ0) is 14.4. The molecule has 1 aromatic rings. The smallest absolute Gasteiger partial charge is 0.128 e. The summed E-state index contributed by atoms with van der Waals surface area (Å²) in [5.74, 6) is 1.12. The van der Waals surface area contributed by atoms with Gasteiger partial charge in [0.15, 0.2) is 0 Å². The second-order valence-electron chi connectivity index (χ2n) is 7.49. The van der Waals surface area contributed by atoms with Crippen molar-refractivity contribution in [2.75, 3.05) is 18.0 Å². The van der Waals surface area contributed by atoms with E-state index in [0.717, 1.165) is 18.9 Å². The minimum Gasteiger partial charge on any atom is -0.357 e. The number of aromatic nitrogens is 1. The SMILES string of the molecule is CC1(C)C(NC2CCN(c3ccccn3)CC2)C1(C)C. The van der Waals surface area contributed by atoms with Gasteiger partial charge in [0.2, 0.25) is 0 Å². The normalized spacial score (nSPS) is 25.7. The van der Waals surface area contributed by atoms with E-state index in [-0.39, 0.29) is 0 Å². The summed E-state index contributed by atoms with van der Waals surface area (Å²) in [7, 11) is 0. The second-order valence-corrected chi connectivity index (χ2v) is 7.49. The lowest BCUT2D eigenvalue weighted by atomic mass is 10.0. The maximum absolute atomic E-state index is 4.45. The van der Waals surface area contributed by atoms with Crippen LogP contribution in [0.25, 0.3) is 0 Å². The first-order valence-corrected chi connectivity index (χ1v) is 7.85. The van der Waals surface area contributed by atoms with E-state index in [4.69, 9.17) is 0 Å². The highest BCUT2D eigenvalue weighted by molar-refractivity contribution is 5.38. The van der Waals surface area contributed by atoms with Crippen LogP contribution in [0, 0.1) is 10.8 Å². The van der Waals surface area contributed by atoms with Crippen LogP contribution in [0.1, 0.15) is 40.5 Å². The molecular formula is C17H27N3. The first-order chi connectivity index (χ1) is 9.43. The van der Waals surface area contributed by atoms with Crippen LogP contribution >= 0.6 is 0 Å². The third kappa shape index (κ3) is 2.22. The molecular weight excluding hydrogens is 246 g/mol.